The number of nitrogens with one attached hydrogen (secondary N) is 1. The van der Waals surface area contributed by atoms with Crippen molar-refractivity contribution in [3.8, 4) is 0 Å². The van der Waals surface area contributed by atoms with E-state index in [1.807, 2.05) is 20.8 Å². The Balaban J connectivity index is 1.98. The van der Waals surface area contributed by atoms with Crippen molar-refractivity contribution < 1.29 is 27.3 Å². The number of aryl methyl sites for hydroxylation is 1. The first-order valence-corrected chi connectivity index (χ1v) is 12.2. The molecule has 0 aliphatic rings. The summed E-state index contributed by atoms with van der Waals surface area (Å²) in [5.74, 6) is -0.189. The molecule has 1 N–H and O–H groups in total. The van der Waals surface area contributed by atoms with Gasteiger partial charge in [-0.05, 0) is 19.1 Å². The van der Waals surface area contributed by atoms with Crippen molar-refractivity contribution in [2.45, 2.75) is 38.0 Å². The fourth-order valence-electron chi connectivity index (χ4n) is 3.99. The maximum absolute atomic E-state index is 13.3. The lowest BCUT2D eigenvalue weighted by Gasteiger charge is -2.16. The van der Waals surface area contributed by atoms with E-state index in [0.717, 1.165) is 6.07 Å². The Morgan fingerprint density at radius 3 is 2.31 bits per heavy atom. The van der Waals surface area contributed by atoms with Gasteiger partial charge in [-0.2, -0.15) is 0 Å². The number of nitro benzene ring substituents is 1. The molecule has 0 amide bonds. The number of esters is 1. The van der Waals surface area contributed by atoms with Crippen molar-refractivity contribution in [1.29, 1.82) is 0 Å². The van der Waals surface area contributed by atoms with Gasteiger partial charge >= 0.3 is 5.97 Å². The van der Waals surface area contributed by atoms with E-state index in [1.165, 1.54) is 32.2 Å². The van der Waals surface area contributed by atoms with Crippen LogP contribution in [0, 0.1) is 17.0 Å². The van der Waals surface area contributed by atoms with E-state index in [0.29, 0.717) is 33.1 Å². The summed E-state index contributed by atoms with van der Waals surface area (Å²) < 4.78 is 40.2. The molecule has 4 aromatic rings. The molecule has 1 heterocycles. The number of nitro groups is 1. The molecule has 0 fully saturated rings. The molecule has 0 unspecified atom stereocenters. The smallest absolute Gasteiger partial charge is 0.342 e. The summed E-state index contributed by atoms with van der Waals surface area (Å²) in [5, 5.41) is 12.9. The molecule has 0 saturated heterocycles. The van der Waals surface area contributed by atoms with E-state index in [2.05, 4.69) is 4.72 Å². The molecule has 35 heavy (non-hydrogen) atoms. The van der Waals surface area contributed by atoms with Crippen LogP contribution in [0.25, 0.3) is 21.7 Å². The molecule has 9 nitrogen and oxygen atoms in total. The minimum atomic E-state index is -4.21. The quantitative estimate of drug-likeness (QED) is 0.213. The predicted molar refractivity (Wildman–Crippen MR) is 132 cm³/mol. The number of benzene rings is 3. The number of sulfonamides is 1. The van der Waals surface area contributed by atoms with Gasteiger partial charge < -0.3 is 9.15 Å². The number of methoxy groups -OCH3 is 1. The van der Waals surface area contributed by atoms with Crippen molar-refractivity contribution in [2.75, 3.05) is 11.8 Å². The first kappa shape index (κ1) is 24.2. The molecule has 0 bridgehead atoms. The number of rotatable bonds is 5. The molecule has 0 atom stereocenters. The van der Waals surface area contributed by atoms with E-state index in [9.17, 15) is 23.3 Å². The van der Waals surface area contributed by atoms with Crippen LogP contribution in [0.4, 0.5) is 11.4 Å². The summed E-state index contributed by atoms with van der Waals surface area (Å²) >= 11 is 0. The van der Waals surface area contributed by atoms with E-state index >= 15 is 0 Å². The third-order valence-corrected chi connectivity index (χ3v) is 7.06. The van der Waals surface area contributed by atoms with Crippen LogP contribution in [0.2, 0.25) is 0 Å². The van der Waals surface area contributed by atoms with Crippen LogP contribution in [0.5, 0.6) is 0 Å². The number of nitrogens with zero attached hydrogens (tertiary/aromatic N) is 1. The second kappa shape index (κ2) is 8.38. The molecule has 0 radical (unpaired) electrons. The molecule has 1 aromatic heterocycles. The van der Waals surface area contributed by atoms with Gasteiger partial charge in [-0.3, -0.25) is 14.8 Å². The van der Waals surface area contributed by atoms with Gasteiger partial charge in [0.2, 0.25) is 0 Å². The second-order valence-electron chi connectivity index (χ2n) is 9.21. The number of hydrogen-bond acceptors (Lipinski definition) is 7. The first-order chi connectivity index (χ1) is 16.3. The third-order valence-electron chi connectivity index (χ3n) is 5.70. The Kier molecular flexibility index (Phi) is 5.80. The highest BCUT2D eigenvalue weighted by Gasteiger charge is 2.31. The zero-order valence-electron chi connectivity index (χ0n) is 19.8. The van der Waals surface area contributed by atoms with Crippen LogP contribution in [-0.4, -0.2) is 26.4 Å². The predicted octanol–water partition coefficient (Wildman–Crippen LogP) is 5.69. The summed E-state index contributed by atoms with van der Waals surface area (Å²) in [7, 11) is -2.94. The van der Waals surface area contributed by atoms with Crippen LogP contribution >= 0.6 is 0 Å². The third kappa shape index (κ3) is 4.21. The van der Waals surface area contributed by atoms with Gasteiger partial charge in [0.25, 0.3) is 15.7 Å². The Hall–Kier alpha value is -3.92. The number of carbonyl (C=O) groups excluding carboxylic acids is 1. The summed E-state index contributed by atoms with van der Waals surface area (Å²) in [4.78, 5) is 23.2. The lowest BCUT2D eigenvalue weighted by atomic mass is 9.89. The fraction of sp³-hybridized carbons (Fsp3) is 0.240. The fourth-order valence-corrected chi connectivity index (χ4v) is 5.08. The SMILES string of the molecule is COC(=O)c1c(C(C)(C)C)oc2c1cc(NS(=O)(=O)c1ccc(C)c([N+](=O)[O-])c1)c1ccccc12. The van der Waals surface area contributed by atoms with Crippen molar-refractivity contribution >= 4 is 49.1 Å². The van der Waals surface area contributed by atoms with Gasteiger partial charge in [0.05, 0.1) is 22.6 Å². The van der Waals surface area contributed by atoms with Crippen LogP contribution in [-0.2, 0) is 20.2 Å². The maximum Gasteiger partial charge on any atom is 0.342 e. The normalized spacial score (nSPS) is 12.1. The van der Waals surface area contributed by atoms with E-state index in [1.54, 1.807) is 24.3 Å². The van der Waals surface area contributed by atoms with Gasteiger partial charge in [-0.15, -0.1) is 0 Å². The summed E-state index contributed by atoms with van der Waals surface area (Å²) in [6.45, 7) is 7.22. The lowest BCUT2D eigenvalue weighted by molar-refractivity contribution is -0.385. The topological polar surface area (TPSA) is 129 Å². The number of fused-ring (bicyclic) bond motifs is 3. The lowest BCUT2D eigenvalue weighted by Crippen LogP contribution is -2.16. The zero-order valence-corrected chi connectivity index (χ0v) is 20.6. The van der Waals surface area contributed by atoms with Crippen molar-refractivity contribution in [3.05, 3.63) is 75.5 Å². The minimum absolute atomic E-state index is 0.197. The molecular formula is C25H24N2O7S. The monoisotopic (exact) mass is 496 g/mol. The highest BCUT2D eigenvalue weighted by Crippen LogP contribution is 2.41. The largest absolute Gasteiger partial charge is 0.465 e. The van der Waals surface area contributed by atoms with Gasteiger partial charge in [0, 0.05) is 33.2 Å². The number of carbonyl (C=O) groups is 1. The Labute approximate surface area is 201 Å². The molecule has 3 aromatic carbocycles. The van der Waals surface area contributed by atoms with E-state index in [4.69, 9.17) is 9.15 Å². The Morgan fingerprint density at radius 2 is 1.71 bits per heavy atom. The average molecular weight is 497 g/mol. The van der Waals surface area contributed by atoms with Gasteiger partial charge in [-0.1, -0.05) is 51.1 Å². The van der Waals surface area contributed by atoms with Crippen LogP contribution in [0.3, 0.4) is 0 Å². The number of hydrogen-bond donors (Lipinski definition) is 1. The van der Waals surface area contributed by atoms with Crippen molar-refractivity contribution in [2.24, 2.45) is 0 Å². The highest BCUT2D eigenvalue weighted by atomic mass is 32.2. The number of anilines is 1. The Bertz CT molecular complexity index is 1610. The first-order valence-electron chi connectivity index (χ1n) is 10.7. The molecule has 10 heteroatoms. The van der Waals surface area contributed by atoms with Gasteiger partial charge in [0.15, 0.2) is 0 Å². The molecule has 0 saturated carbocycles. The van der Waals surface area contributed by atoms with Crippen LogP contribution in [0.15, 0.2) is 57.8 Å². The van der Waals surface area contributed by atoms with Crippen molar-refractivity contribution in [1.82, 2.24) is 0 Å². The standard InChI is InChI=1S/C25H24N2O7S/c1-14-10-11-15(12-20(14)27(29)30)35(31,32)26-19-13-18-21(24(28)33-5)23(25(2,3)4)34-22(18)17-9-7-6-8-16(17)19/h6-13,26H,1-5H3. The number of ether oxygens (including phenoxy) is 1. The van der Waals surface area contributed by atoms with Crippen LogP contribution < -0.4 is 4.72 Å². The molecule has 4 rings (SSSR count). The van der Waals surface area contributed by atoms with Crippen LogP contribution in [0.1, 0.15) is 42.5 Å². The molecule has 0 spiro atoms. The minimum Gasteiger partial charge on any atom is -0.465 e. The number of furan rings is 1. The highest BCUT2D eigenvalue weighted by molar-refractivity contribution is 7.92. The molecule has 0 aliphatic heterocycles. The Morgan fingerprint density at radius 1 is 1.06 bits per heavy atom. The second-order valence-corrected chi connectivity index (χ2v) is 10.9. The van der Waals surface area contributed by atoms with Crippen molar-refractivity contribution in [3.63, 3.8) is 0 Å². The van der Waals surface area contributed by atoms with E-state index < -0.39 is 26.3 Å². The molecular weight excluding hydrogens is 472 g/mol. The zero-order chi connectivity index (χ0) is 25.7. The van der Waals surface area contributed by atoms with Gasteiger partial charge in [-0.25, -0.2) is 13.2 Å². The summed E-state index contributed by atoms with van der Waals surface area (Å²) in [6, 6.07) is 12.3. The molecule has 182 valence electrons. The van der Waals surface area contributed by atoms with E-state index in [-0.39, 0.29) is 21.8 Å². The maximum atomic E-state index is 13.3. The molecule has 0 aliphatic carbocycles. The summed E-state index contributed by atoms with van der Waals surface area (Å²) in [6.07, 6.45) is 0. The van der Waals surface area contributed by atoms with Gasteiger partial charge in [0.1, 0.15) is 16.9 Å². The summed E-state index contributed by atoms with van der Waals surface area (Å²) in [5.41, 5.74) is 0.349. The average Bonchev–Trinajstić information content (AvgIpc) is 3.18.